The summed E-state index contributed by atoms with van der Waals surface area (Å²) < 4.78 is 2.04. The van der Waals surface area contributed by atoms with Crippen LogP contribution in [0.4, 0.5) is 11.4 Å². The number of benzene rings is 3. The molecule has 8 nitrogen and oxygen atoms in total. The van der Waals surface area contributed by atoms with Gasteiger partial charge in [0, 0.05) is 42.6 Å². The van der Waals surface area contributed by atoms with E-state index in [9.17, 15) is 0 Å². The number of aromatic nitrogens is 5. The van der Waals surface area contributed by atoms with Crippen molar-refractivity contribution in [3.8, 4) is 16.8 Å². The molecule has 0 amide bonds. The Morgan fingerprint density at radius 2 is 1.77 bits per heavy atom. The van der Waals surface area contributed by atoms with Crippen molar-refractivity contribution in [1.29, 1.82) is 0 Å². The summed E-state index contributed by atoms with van der Waals surface area (Å²) in [5.41, 5.74) is 10.6. The summed E-state index contributed by atoms with van der Waals surface area (Å²) in [6, 6.07) is 25.2. The van der Waals surface area contributed by atoms with E-state index < -0.39 is 0 Å². The van der Waals surface area contributed by atoms with E-state index in [1.807, 2.05) is 42.5 Å². The first-order chi connectivity index (χ1) is 19.2. The molecule has 39 heavy (non-hydrogen) atoms. The van der Waals surface area contributed by atoms with Crippen LogP contribution in [0.2, 0.25) is 0 Å². The number of imidazole rings is 1. The van der Waals surface area contributed by atoms with Crippen LogP contribution in [-0.4, -0.2) is 24.7 Å². The minimum atomic E-state index is -0.141. The van der Waals surface area contributed by atoms with Gasteiger partial charge in [0.05, 0.1) is 40.3 Å². The Kier molecular flexibility index (Phi) is 5.79. The summed E-state index contributed by atoms with van der Waals surface area (Å²) in [7, 11) is 0. The number of para-hydroxylation sites is 1. The number of nitrogens with one attached hydrogen (secondary N) is 4. The molecule has 1 aliphatic rings. The third-order valence-corrected chi connectivity index (χ3v) is 7.12. The van der Waals surface area contributed by atoms with Gasteiger partial charge in [0.2, 0.25) is 0 Å². The van der Waals surface area contributed by atoms with Crippen molar-refractivity contribution in [1.82, 2.24) is 30.0 Å². The molecule has 4 N–H and O–H groups in total. The number of anilines is 2. The molecule has 0 saturated carbocycles. The second-order valence-corrected chi connectivity index (χ2v) is 9.88. The summed E-state index contributed by atoms with van der Waals surface area (Å²) in [6.45, 7) is 3.57. The molecule has 192 valence electrons. The Hall–Kier alpha value is -4.95. The fourth-order valence-corrected chi connectivity index (χ4v) is 5.18. The highest BCUT2D eigenvalue weighted by Crippen LogP contribution is 2.40. The first-order valence-electron chi connectivity index (χ1n) is 13.1. The van der Waals surface area contributed by atoms with Crippen LogP contribution in [0, 0.1) is 6.92 Å². The van der Waals surface area contributed by atoms with E-state index in [0.717, 1.165) is 69.1 Å². The van der Waals surface area contributed by atoms with Crippen molar-refractivity contribution in [2.45, 2.75) is 26.2 Å². The number of fused-ring (bicyclic) bond motifs is 2. The Bertz CT molecular complexity index is 1770. The molecule has 4 heterocycles. The number of H-pyrrole nitrogens is 1. The molecule has 0 saturated heterocycles. The third-order valence-electron chi connectivity index (χ3n) is 7.12. The molecule has 1 atom stereocenters. The van der Waals surface area contributed by atoms with Gasteiger partial charge >= 0.3 is 0 Å². The molecule has 0 spiro atoms. The molecule has 0 radical (unpaired) electrons. The molecule has 8 heteroatoms. The molecule has 0 aliphatic carbocycles. The molecule has 0 fully saturated rings. The molecular formula is C31H28N8. The zero-order valence-corrected chi connectivity index (χ0v) is 21.5. The first-order valence-corrected chi connectivity index (χ1v) is 13.1. The smallest absolute Gasteiger partial charge is 0.141 e. The van der Waals surface area contributed by atoms with Crippen LogP contribution in [0.1, 0.15) is 28.7 Å². The van der Waals surface area contributed by atoms with Crippen molar-refractivity contribution < 1.29 is 0 Å². The molecular weight excluding hydrogens is 484 g/mol. The number of aryl methyl sites for hydroxylation is 1. The summed E-state index contributed by atoms with van der Waals surface area (Å²) in [4.78, 5) is 8.92. The van der Waals surface area contributed by atoms with Crippen LogP contribution in [-0.2, 0) is 13.1 Å². The molecule has 1 unspecified atom stereocenters. The summed E-state index contributed by atoms with van der Waals surface area (Å²) in [6.07, 6.45) is 7.58. The monoisotopic (exact) mass is 512 g/mol. The molecule has 0 bridgehead atoms. The second kappa shape index (κ2) is 9.74. The number of rotatable bonds is 7. The summed E-state index contributed by atoms with van der Waals surface area (Å²) in [5.74, 6) is 0. The van der Waals surface area contributed by atoms with E-state index in [2.05, 4.69) is 103 Å². The predicted octanol–water partition coefficient (Wildman–Crippen LogP) is 5.95. The molecule has 3 aromatic carbocycles. The van der Waals surface area contributed by atoms with Gasteiger partial charge < -0.3 is 20.5 Å². The van der Waals surface area contributed by atoms with Gasteiger partial charge in [0.25, 0.3) is 0 Å². The number of hydrogen-bond donors (Lipinski definition) is 4. The van der Waals surface area contributed by atoms with Crippen molar-refractivity contribution in [2.75, 3.05) is 10.6 Å². The van der Waals surface area contributed by atoms with Gasteiger partial charge in [-0.3, -0.25) is 10.1 Å². The molecule has 3 aromatic heterocycles. The first kappa shape index (κ1) is 23.2. The third kappa shape index (κ3) is 4.51. The lowest BCUT2D eigenvalue weighted by Gasteiger charge is -2.12. The number of aromatic amines is 1. The standard InChI is InChI=1S/C31H28N8/c1-20-18-39(19-34-20)28-9-5-8-27-30(28)36-31(35-27)29-25-13-23(10-11-26(25)37-38-29)24-12-22(16-33-17-24)15-32-14-21-6-3-2-4-7-21/h2-13,16-19,31-32,35-36H,14-15H2,1H3,(H,37,38). The van der Waals surface area contributed by atoms with Gasteiger partial charge in [-0.25, -0.2) is 4.98 Å². The average Bonchev–Trinajstić information content (AvgIpc) is 3.71. The van der Waals surface area contributed by atoms with Crippen LogP contribution in [0.5, 0.6) is 0 Å². The lowest BCUT2D eigenvalue weighted by atomic mass is 10.0. The molecule has 7 rings (SSSR count). The maximum Gasteiger partial charge on any atom is 0.141 e. The topological polar surface area (TPSA) is 95.5 Å². The SMILES string of the molecule is Cc1cn(-c2cccc3c2NC(c2[nH]nc4ccc(-c5cncc(CNCc6ccccc6)c5)cc24)N3)cn1. The molecule has 1 aliphatic heterocycles. The van der Waals surface area contributed by atoms with E-state index in [1.165, 1.54) is 5.56 Å². The zero-order valence-electron chi connectivity index (χ0n) is 21.5. The number of hydrogen-bond acceptors (Lipinski definition) is 6. The van der Waals surface area contributed by atoms with Gasteiger partial charge in [0.15, 0.2) is 0 Å². The van der Waals surface area contributed by atoms with Gasteiger partial charge in [-0.1, -0.05) is 42.5 Å². The van der Waals surface area contributed by atoms with E-state index in [4.69, 9.17) is 0 Å². The lowest BCUT2D eigenvalue weighted by molar-refractivity contribution is 0.691. The van der Waals surface area contributed by atoms with E-state index in [-0.39, 0.29) is 6.17 Å². The van der Waals surface area contributed by atoms with Crippen LogP contribution in [0.15, 0.2) is 97.7 Å². The van der Waals surface area contributed by atoms with Gasteiger partial charge in [-0.15, -0.1) is 0 Å². The Labute approximate surface area is 226 Å². The van der Waals surface area contributed by atoms with E-state index in [1.54, 1.807) is 0 Å². The molecule has 6 aromatic rings. The van der Waals surface area contributed by atoms with Crippen molar-refractivity contribution in [3.63, 3.8) is 0 Å². The maximum atomic E-state index is 4.59. The second-order valence-electron chi connectivity index (χ2n) is 9.88. The van der Waals surface area contributed by atoms with Crippen LogP contribution in [0.25, 0.3) is 27.7 Å². The zero-order chi connectivity index (χ0) is 26.2. The normalized spacial score (nSPS) is 14.2. The fourth-order valence-electron chi connectivity index (χ4n) is 5.18. The van der Waals surface area contributed by atoms with Crippen molar-refractivity contribution in [2.24, 2.45) is 0 Å². The van der Waals surface area contributed by atoms with Crippen LogP contribution < -0.4 is 16.0 Å². The summed E-state index contributed by atoms with van der Waals surface area (Å²) in [5, 5.41) is 19.7. The fraction of sp³-hybridized carbons (Fsp3) is 0.129. The Balaban J connectivity index is 1.14. The highest BCUT2D eigenvalue weighted by atomic mass is 15.3. The lowest BCUT2D eigenvalue weighted by Crippen LogP contribution is -2.13. The quantitative estimate of drug-likeness (QED) is 0.211. The number of pyridine rings is 1. The summed E-state index contributed by atoms with van der Waals surface area (Å²) >= 11 is 0. The minimum Gasteiger partial charge on any atom is -0.359 e. The number of nitrogens with zero attached hydrogens (tertiary/aromatic N) is 4. The van der Waals surface area contributed by atoms with Gasteiger partial charge in [-0.2, -0.15) is 5.10 Å². The van der Waals surface area contributed by atoms with Gasteiger partial charge in [0.1, 0.15) is 6.17 Å². The highest BCUT2D eigenvalue weighted by Gasteiger charge is 2.27. The van der Waals surface area contributed by atoms with E-state index >= 15 is 0 Å². The van der Waals surface area contributed by atoms with E-state index in [0.29, 0.717) is 0 Å². The average molecular weight is 513 g/mol. The maximum absolute atomic E-state index is 4.59. The van der Waals surface area contributed by atoms with Crippen molar-refractivity contribution in [3.05, 3.63) is 120 Å². The van der Waals surface area contributed by atoms with Crippen molar-refractivity contribution >= 4 is 22.3 Å². The Morgan fingerprint density at radius 3 is 2.64 bits per heavy atom. The Morgan fingerprint density at radius 1 is 0.872 bits per heavy atom. The minimum absolute atomic E-state index is 0.141. The highest BCUT2D eigenvalue weighted by molar-refractivity contribution is 5.90. The largest absolute Gasteiger partial charge is 0.359 e. The van der Waals surface area contributed by atoms with Gasteiger partial charge in [-0.05, 0) is 53.9 Å². The van der Waals surface area contributed by atoms with Crippen LogP contribution >= 0.6 is 0 Å². The predicted molar refractivity (Wildman–Crippen MR) is 155 cm³/mol. The van der Waals surface area contributed by atoms with Crippen LogP contribution in [0.3, 0.4) is 0 Å².